The molecule has 1 atom stereocenters. The molecule has 2 rings (SSSR count). The molecule has 0 N–H and O–H groups in total. The Hall–Kier alpha value is -2.61. The van der Waals surface area contributed by atoms with Crippen molar-refractivity contribution in [3.63, 3.8) is 0 Å². The number of carbonyl (C=O) groups is 1. The van der Waals surface area contributed by atoms with Gasteiger partial charge in [0.1, 0.15) is 5.92 Å². The predicted octanol–water partition coefficient (Wildman–Crippen LogP) is 2.12. The summed E-state index contributed by atoms with van der Waals surface area (Å²) in [5, 5.41) is 13.4. The Balaban J connectivity index is 2.10. The number of hydrogen-bond donors (Lipinski definition) is 0. The van der Waals surface area contributed by atoms with Crippen molar-refractivity contribution in [3.8, 4) is 11.8 Å². The maximum atomic E-state index is 11.6. The molecule has 0 amide bonds. The van der Waals surface area contributed by atoms with Crippen LogP contribution in [0, 0.1) is 17.2 Å². The first kappa shape index (κ1) is 13.8. The summed E-state index contributed by atoms with van der Waals surface area (Å²) in [5.41, 5.74) is 1.62. The number of esters is 1. The molecule has 20 heavy (non-hydrogen) atoms. The lowest BCUT2D eigenvalue weighted by Gasteiger charge is -2.06. The average Bonchev–Trinajstić information content (AvgIpc) is 2.94. The zero-order valence-corrected chi connectivity index (χ0v) is 11.2. The van der Waals surface area contributed by atoms with E-state index in [9.17, 15) is 4.79 Å². The van der Waals surface area contributed by atoms with Crippen LogP contribution in [0.3, 0.4) is 0 Å². The largest absolute Gasteiger partial charge is 0.465 e. The van der Waals surface area contributed by atoms with Gasteiger partial charge in [-0.2, -0.15) is 10.4 Å². The van der Waals surface area contributed by atoms with Crippen LogP contribution < -0.4 is 0 Å². The van der Waals surface area contributed by atoms with Gasteiger partial charge in [-0.25, -0.2) is 4.68 Å². The van der Waals surface area contributed by atoms with E-state index in [1.54, 1.807) is 17.7 Å². The van der Waals surface area contributed by atoms with Gasteiger partial charge in [0.2, 0.25) is 0 Å². The fraction of sp³-hybridized carbons (Fsp3) is 0.267. The topological polar surface area (TPSA) is 67.9 Å². The van der Waals surface area contributed by atoms with Gasteiger partial charge in [-0.15, -0.1) is 0 Å². The van der Waals surface area contributed by atoms with Crippen molar-refractivity contribution in [1.29, 1.82) is 5.26 Å². The van der Waals surface area contributed by atoms with Crippen LogP contribution in [0.25, 0.3) is 5.69 Å². The predicted molar refractivity (Wildman–Crippen MR) is 73.0 cm³/mol. The Kier molecular flexibility index (Phi) is 4.51. The van der Waals surface area contributed by atoms with E-state index in [0.29, 0.717) is 5.69 Å². The number of para-hydroxylation sites is 1. The minimum atomic E-state index is -0.811. The zero-order chi connectivity index (χ0) is 14.4. The number of benzene rings is 1. The van der Waals surface area contributed by atoms with Gasteiger partial charge in [0.25, 0.3) is 0 Å². The summed E-state index contributed by atoms with van der Waals surface area (Å²) >= 11 is 0. The van der Waals surface area contributed by atoms with E-state index >= 15 is 0 Å². The van der Waals surface area contributed by atoms with E-state index in [1.165, 1.54) is 0 Å². The lowest BCUT2D eigenvalue weighted by atomic mass is 10.1. The Labute approximate surface area is 117 Å². The van der Waals surface area contributed by atoms with E-state index in [4.69, 9.17) is 10.00 Å². The molecule has 0 fully saturated rings. The van der Waals surface area contributed by atoms with Crippen LogP contribution in [0.15, 0.2) is 42.6 Å². The normalized spacial score (nSPS) is 11.6. The Morgan fingerprint density at radius 3 is 2.80 bits per heavy atom. The van der Waals surface area contributed by atoms with Crippen molar-refractivity contribution in [3.05, 3.63) is 48.3 Å². The molecule has 2 aromatic rings. The Morgan fingerprint density at radius 2 is 2.15 bits per heavy atom. The minimum absolute atomic E-state index is 0.259. The first-order chi connectivity index (χ1) is 9.74. The van der Waals surface area contributed by atoms with Crippen LogP contribution in [0.2, 0.25) is 0 Å². The highest BCUT2D eigenvalue weighted by Gasteiger charge is 2.20. The van der Waals surface area contributed by atoms with Crippen molar-refractivity contribution < 1.29 is 9.53 Å². The van der Waals surface area contributed by atoms with Crippen LogP contribution in [-0.2, 0) is 16.0 Å². The molecule has 0 aliphatic heterocycles. The Bertz CT molecular complexity index is 614. The summed E-state index contributed by atoms with van der Waals surface area (Å²) in [6, 6.07) is 13.4. The molecular weight excluding hydrogens is 254 g/mol. The molecule has 0 aliphatic carbocycles. The van der Waals surface area contributed by atoms with Crippen LogP contribution in [-0.4, -0.2) is 22.4 Å². The maximum Gasteiger partial charge on any atom is 0.323 e. The summed E-state index contributed by atoms with van der Waals surface area (Å²) in [7, 11) is 0. The number of carbonyl (C=O) groups excluding carboxylic acids is 1. The second-order valence-electron chi connectivity index (χ2n) is 4.23. The van der Waals surface area contributed by atoms with Crippen molar-refractivity contribution >= 4 is 5.97 Å². The quantitative estimate of drug-likeness (QED) is 0.780. The average molecular weight is 269 g/mol. The number of rotatable bonds is 5. The highest BCUT2D eigenvalue weighted by molar-refractivity contribution is 5.75. The molecule has 0 aliphatic rings. The van der Waals surface area contributed by atoms with Crippen LogP contribution in [0.5, 0.6) is 0 Å². The van der Waals surface area contributed by atoms with Crippen LogP contribution in [0.1, 0.15) is 12.6 Å². The molecule has 0 saturated heterocycles. The molecular formula is C15H15N3O2. The number of nitriles is 1. The SMILES string of the molecule is CCOC(=O)C(C#N)Cc1ccn(-c2ccccc2)n1. The molecule has 1 aromatic heterocycles. The number of nitrogens with zero attached hydrogens (tertiary/aromatic N) is 3. The first-order valence-corrected chi connectivity index (χ1v) is 6.40. The number of aromatic nitrogens is 2. The van der Waals surface area contributed by atoms with Crippen molar-refractivity contribution in [2.24, 2.45) is 5.92 Å². The third-order valence-electron chi connectivity index (χ3n) is 2.81. The highest BCUT2D eigenvalue weighted by atomic mass is 16.5. The lowest BCUT2D eigenvalue weighted by Crippen LogP contribution is -2.18. The fourth-order valence-electron chi connectivity index (χ4n) is 1.83. The van der Waals surface area contributed by atoms with Gasteiger partial charge >= 0.3 is 5.97 Å². The molecule has 1 unspecified atom stereocenters. The van der Waals surface area contributed by atoms with Crippen molar-refractivity contribution in [1.82, 2.24) is 9.78 Å². The molecule has 0 saturated carbocycles. The van der Waals surface area contributed by atoms with Gasteiger partial charge in [-0.05, 0) is 25.1 Å². The molecule has 5 heteroatoms. The minimum Gasteiger partial charge on any atom is -0.465 e. The molecule has 0 radical (unpaired) electrons. The van der Waals surface area contributed by atoms with E-state index < -0.39 is 11.9 Å². The third kappa shape index (κ3) is 3.23. The van der Waals surface area contributed by atoms with Crippen LogP contribution in [0.4, 0.5) is 0 Å². The first-order valence-electron chi connectivity index (χ1n) is 6.40. The van der Waals surface area contributed by atoms with Gasteiger partial charge in [0.15, 0.2) is 0 Å². The standard InChI is InChI=1S/C15H15N3O2/c1-2-20-15(19)12(11-16)10-13-8-9-18(17-13)14-6-4-3-5-7-14/h3-9,12H,2,10H2,1H3. The number of ether oxygens (including phenoxy) is 1. The van der Waals surface area contributed by atoms with E-state index in [2.05, 4.69) is 5.10 Å². The summed E-state index contributed by atoms with van der Waals surface area (Å²) in [4.78, 5) is 11.6. The van der Waals surface area contributed by atoms with E-state index in [0.717, 1.165) is 5.69 Å². The second kappa shape index (κ2) is 6.53. The molecule has 1 aromatic carbocycles. The third-order valence-corrected chi connectivity index (χ3v) is 2.81. The molecule has 102 valence electrons. The van der Waals surface area contributed by atoms with E-state index in [1.807, 2.05) is 42.6 Å². The fourth-order valence-corrected chi connectivity index (χ4v) is 1.83. The summed E-state index contributed by atoms with van der Waals surface area (Å²) in [6.07, 6.45) is 2.07. The monoisotopic (exact) mass is 269 g/mol. The van der Waals surface area contributed by atoms with Gasteiger partial charge in [0, 0.05) is 12.6 Å². The summed E-state index contributed by atoms with van der Waals surface area (Å²) in [5.74, 6) is -1.31. The van der Waals surface area contributed by atoms with Crippen molar-refractivity contribution in [2.75, 3.05) is 6.61 Å². The van der Waals surface area contributed by atoms with Gasteiger partial charge < -0.3 is 4.74 Å². The summed E-state index contributed by atoms with van der Waals surface area (Å²) in [6.45, 7) is 1.99. The summed E-state index contributed by atoms with van der Waals surface area (Å²) < 4.78 is 6.58. The van der Waals surface area contributed by atoms with E-state index in [-0.39, 0.29) is 13.0 Å². The highest BCUT2D eigenvalue weighted by Crippen LogP contribution is 2.11. The molecule has 0 bridgehead atoms. The number of hydrogen-bond acceptors (Lipinski definition) is 4. The molecule has 5 nitrogen and oxygen atoms in total. The van der Waals surface area contributed by atoms with Gasteiger partial charge in [0.05, 0.1) is 24.1 Å². The van der Waals surface area contributed by atoms with Gasteiger partial charge in [-0.1, -0.05) is 18.2 Å². The molecule has 1 heterocycles. The second-order valence-corrected chi connectivity index (χ2v) is 4.23. The van der Waals surface area contributed by atoms with Gasteiger partial charge in [-0.3, -0.25) is 4.79 Å². The lowest BCUT2D eigenvalue weighted by molar-refractivity contribution is -0.145. The Morgan fingerprint density at radius 1 is 1.40 bits per heavy atom. The van der Waals surface area contributed by atoms with Crippen LogP contribution >= 0.6 is 0 Å². The maximum absolute atomic E-state index is 11.6. The smallest absolute Gasteiger partial charge is 0.323 e. The molecule has 0 spiro atoms. The van der Waals surface area contributed by atoms with Crippen molar-refractivity contribution in [2.45, 2.75) is 13.3 Å². The zero-order valence-electron chi connectivity index (χ0n) is 11.2.